The number of rotatable bonds is 12. The van der Waals surface area contributed by atoms with Crippen LogP contribution < -0.4 is 21.4 Å². The highest BCUT2D eigenvalue weighted by Gasteiger charge is 2.31. The number of nitrogens with zero attached hydrogens (tertiary/aromatic N) is 3. The molecule has 0 radical (unpaired) electrons. The molecule has 0 fully saturated rings. The summed E-state index contributed by atoms with van der Waals surface area (Å²) < 4.78 is 28.0. The third-order valence-electron chi connectivity index (χ3n) is 16.4. The number of ether oxygens (including phenoxy) is 2. The molecule has 20 nitrogen and oxygen atoms in total. The van der Waals surface area contributed by atoms with Gasteiger partial charge in [0.1, 0.15) is 54.1 Å². The van der Waals surface area contributed by atoms with Crippen molar-refractivity contribution in [3.63, 3.8) is 0 Å². The van der Waals surface area contributed by atoms with Crippen molar-refractivity contribution in [2.45, 2.75) is 80.4 Å². The number of nitrogens with one attached hydrogen (secondary N) is 3. The van der Waals surface area contributed by atoms with Crippen LogP contribution in [-0.2, 0) is 9.47 Å². The highest BCUT2D eigenvalue weighted by molar-refractivity contribution is 7.16. The SMILES string of the molecule is Cc1ccc(-c2csc(NC(=O)c3cc4ccccc4o3)c2C(=O)O)c2cccnc12.Cc1ccc(-c2csc(NC(=O)c3cc4ccccc4o3)c2C(=O)OC(C)(C)C)c2cccnc12.Cc1ccc(B(O)O)c2cccnc12.Cc1csc(NC(=O)c2cc3ccccc3o2)c1C(=O)OC(C)(C)C. The third-order valence-corrected chi connectivity index (χ3v) is 19.2. The zero-order valence-corrected chi connectivity index (χ0v) is 61.0. The number of aromatic nitrogens is 3. The van der Waals surface area contributed by atoms with Gasteiger partial charge in [0.2, 0.25) is 0 Å². The number of furan rings is 3. The van der Waals surface area contributed by atoms with Crippen molar-refractivity contribution >= 4 is 163 Å². The predicted molar refractivity (Wildman–Crippen MR) is 415 cm³/mol. The number of hydrogen-bond acceptors (Lipinski definition) is 19. The number of pyridine rings is 3. The molecule has 6 N–H and O–H groups in total. The molecular formula is C81H69BN6O14S3. The number of thiophene rings is 3. The minimum absolute atomic E-state index is 0.0449. The Morgan fingerprint density at radius 1 is 0.410 bits per heavy atom. The molecule has 15 rings (SSSR count). The summed E-state index contributed by atoms with van der Waals surface area (Å²) in [5.74, 6) is -2.92. The second kappa shape index (κ2) is 30.6. The van der Waals surface area contributed by atoms with Gasteiger partial charge in [-0.25, -0.2) is 14.4 Å². The molecule has 0 spiro atoms. The van der Waals surface area contributed by atoms with Gasteiger partial charge in [-0.3, -0.25) is 29.3 Å². The highest BCUT2D eigenvalue weighted by Crippen LogP contribution is 2.42. The van der Waals surface area contributed by atoms with Gasteiger partial charge in [-0.1, -0.05) is 109 Å². The van der Waals surface area contributed by atoms with Gasteiger partial charge in [0, 0.05) is 72.8 Å². The zero-order chi connectivity index (χ0) is 74.6. The molecule has 6 aromatic carbocycles. The molecule has 0 unspecified atom stereocenters. The summed E-state index contributed by atoms with van der Waals surface area (Å²) >= 11 is 3.73. The van der Waals surface area contributed by atoms with E-state index in [2.05, 4.69) is 30.9 Å². The summed E-state index contributed by atoms with van der Waals surface area (Å²) in [6.07, 6.45) is 5.16. The lowest BCUT2D eigenvalue weighted by Crippen LogP contribution is -2.30. The zero-order valence-electron chi connectivity index (χ0n) is 58.5. The van der Waals surface area contributed by atoms with Crippen LogP contribution >= 0.6 is 34.0 Å². The number of hydrogen-bond donors (Lipinski definition) is 6. The van der Waals surface area contributed by atoms with Crippen LogP contribution in [0.1, 0.15) is 127 Å². The van der Waals surface area contributed by atoms with Crippen LogP contribution in [0.5, 0.6) is 0 Å². The van der Waals surface area contributed by atoms with Crippen LogP contribution in [-0.4, -0.2) is 84.1 Å². The van der Waals surface area contributed by atoms with Crippen molar-refractivity contribution in [1.82, 2.24) is 15.0 Å². The average Bonchev–Trinajstić information content (AvgIpc) is 1.73. The highest BCUT2D eigenvalue weighted by atomic mass is 32.1. The summed E-state index contributed by atoms with van der Waals surface area (Å²) in [5, 5.41) is 48.2. The van der Waals surface area contributed by atoms with E-state index in [1.807, 2.05) is 174 Å². The fourth-order valence-electron chi connectivity index (χ4n) is 11.6. The molecule has 0 aliphatic rings. The minimum atomic E-state index is -1.44. The number of carboxylic acid groups (broad SMARTS) is 1. The Labute approximate surface area is 614 Å². The van der Waals surface area contributed by atoms with Gasteiger partial charge in [-0.15, -0.1) is 34.0 Å². The normalized spacial score (nSPS) is 11.3. The maximum atomic E-state index is 13.4. The number of anilines is 3. The molecule has 0 aliphatic carbocycles. The molecule has 24 heteroatoms. The van der Waals surface area contributed by atoms with E-state index < -0.39 is 53.9 Å². The Hall–Kier alpha value is -11.9. The van der Waals surface area contributed by atoms with Gasteiger partial charge in [-0.2, -0.15) is 0 Å². The summed E-state index contributed by atoms with van der Waals surface area (Å²) in [4.78, 5) is 89.5. The summed E-state index contributed by atoms with van der Waals surface area (Å²) in [6, 6.07) is 49.6. The number of carbonyl (C=O) groups excluding carboxylic acids is 5. The number of carbonyl (C=O) groups is 6. The Bertz CT molecular complexity index is 5750. The molecule has 0 saturated heterocycles. The number of aromatic carboxylic acids is 1. The maximum absolute atomic E-state index is 13.4. The van der Waals surface area contributed by atoms with Gasteiger partial charge >= 0.3 is 25.0 Å². The average molecular weight is 1460 g/mol. The summed E-state index contributed by atoms with van der Waals surface area (Å²) in [7, 11) is -1.44. The number of aryl methyl sites for hydroxylation is 4. The first-order valence-corrected chi connectivity index (χ1v) is 35.6. The van der Waals surface area contributed by atoms with Gasteiger partial charge in [0.15, 0.2) is 17.3 Å². The fourth-order valence-corrected chi connectivity index (χ4v) is 14.4. The van der Waals surface area contributed by atoms with E-state index in [-0.39, 0.29) is 27.8 Å². The van der Waals surface area contributed by atoms with Crippen LogP contribution in [0.25, 0.3) is 87.9 Å². The molecule has 3 amide bonds. The second-order valence-corrected chi connectivity index (χ2v) is 29.0. The Morgan fingerprint density at radius 3 is 1.16 bits per heavy atom. The molecule has 0 atom stereocenters. The molecule has 0 aliphatic heterocycles. The number of amides is 3. The quantitative estimate of drug-likeness (QED) is 0.0489. The van der Waals surface area contributed by atoms with Crippen molar-refractivity contribution in [3.8, 4) is 22.3 Å². The summed E-state index contributed by atoms with van der Waals surface area (Å²) in [5.41, 5.74) is 10.9. The molecule has 528 valence electrons. The third kappa shape index (κ3) is 16.3. The van der Waals surface area contributed by atoms with Gasteiger partial charge in [-0.05, 0) is 168 Å². The number of esters is 2. The monoisotopic (exact) mass is 1460 g/mol. The van der Waals surface area contributed by atoms with Crippen molar-refractivity contribution in [1.29, 1.82) is 0 Å². The number of benzene rings is 6. The lowest BCUT2D eigenvalue weighted by Gasteiger charge is -2.20. The lowest BCUT2D eigenvalue weighted by atomic mass is 9.77. The molecule has 105 heavy (non-hydrogen) atoms. The van der Waals surface area contributed by atoms with Crippen LogP contribution in [0.3, 0.4) is 0 Å². The van der Waals surface area contributed by atoms with Gasteiger partial charge in [0.25, 0.3) is 17.7 Å². The molecule has 9 heterocycles. The number of para-hydroxylation sites is 3. The fraction of sp³-hybridized carbons (Fsp3) is 0.148. The standard InChI is InChI=1S/C28H24N2O4S.C24H16N2O4S.C19H19NO4S.C10H10BNO2/c1-16-11-12-18(19-9-7-13-29-24(16)19)20-15-35-26(23(20)27(32)34-28(2,3)4)30-25(31)22-14-17-8-5-6-10-21(17)33-22;1-13-8-9-15(16-6-4-10-25-21(13)16)17-12-31-23(20(17)24(28)29)26-22(27)19-11-14-5-2-3-7-18(14)30-19;1-11-10-25-17(15(11)18(22)24-19(2,3)4)20-16(21)14-9-12-7-5-6-8-13(12)23-14;1-7-4-5-9(11(13)14)8-3-2-6-12-10(7)8/h5-15H,1-4H3,(H,30,31);2-12H,1H3,(H,26,27)(H,28,29);5-10H,1-4H3,(H,20,21);2-6,13-14H,1H3. The van der Waals surface area contributed by atoms with Crippen molar-refractivity contribution < 1.29 is 66.6 Å². The van der Waals surface area contributed by atoms with Gasteiger partial charge < -0.3 is 53.8 Å². The van der Waals surface area contributed by atoms with E-state index in [0.29, 0.717) is 54.5 Å². The van der Waals surface area contributed by atoms with E-state index in [9.17, 15) is 33.9 Å². The Morgan fingerprint density at radius 2 is 0.762 bits per heavy atom. The largest absolute Gasteiger partial charge is 0.489 e. The predicted octanol–water partition coefficient (Wildman–Crippen LogP) is 18.4. The molecule has 15 aromatic rings. The summed E-state index contributed by atoms with van der Waals surface area (Å²) in [6.45, 7) is 18.6. The molecule has 9 aromatic heterocycles. The minimum Gasteiger partial charge on any atom is -0.478 e. The van der Waals surface area contributed by atoms with Crippen LogP contribution in [0, 0.1) is 27.7 Å². The number of fused-ring (bicyclic) bond motifs is 6. The Kier molecular flexibility index (Phi) is 21.2. The van der Waals surface area contributed by atoms with Gasteiger partial charge in [0.05, 0.1) is 22.1 Å². The first kappa shape index (κ1) is 72.8. The Balaban J connectivity index is 0.000000137. The van der Waals surface area contributed by atoms with E-state index >= 15 is 0 Å². The maximum Gasteiger partial charge on any atom is 0.489 e. The lowest BCUT2D eigenvalue weighted by molar-refractivity contribution is 0.00585. The molecular weight excluding hydrogens is 1390 g/mol. The first-order chi connectivity index (χ1) is 50.2. The van der Waals surface area contributed by atoms with Crippen molar-refractivity contribution in [3.05, 3.63) is 255 Å². The van der Waals surface area contributed by atoms with Crippen LogP contribution in [0.15, 0.2) is 212 Å². The van der Waals surface area contributed by atoms with Crippen molar-refractivity contribution in [2.24, 2.45) is 0 Å². The van der Waals surface area contributed by atoms with Crippen LogP contribution in [0.2, 0.25) is 0 Å². The smallest absolute Gasteiger partial charge is 0.478 e. The molecule has 0 saturated carbocycles. The van der Waals surface area contributed by atoms with E-state index in [0.717, 1.165) is 82.2 Å². The number of carboxylic acids is 1. The van der Waals surface area contributed by atoms with Crippen LogP contribution in [0.4, 0.5) is 15.0 Å². The second-order valence-electron chi connectivity index (χ2n) is 26.4. The first-order valence-electron chi connectivity index (χ1n) is 33.0. The van der Waals surface area contributed by atoms with E-state index in [4.69, 9.17) is 32.8 Å². The van der Waals surface area contributed by atoms with Crippen molar-refractivity contribution in [2.75, 3.05) is 16.0 Å². The van der Waals surface area contributed by atoms with E-state index in [1.54, 1.807) is 93.3 Å². The molecule has 0 bridgehead atoms. The van der Waals surface area contributed by atoms with E-state index in [1.165, 1.54) is 34.0 Å². The topological polar surface area (TPSA) is 296 Å².